The van der Waals surface area contributed by atoms with Gasteiger partial charge < -0.3 is 11.1 Å². The molecule has 0 saturated heterocycles. The van der Waals surface area contributed by atoms with Crippen molar-refractivity contribution in [2.24, 2.45) is 11.8 Å². The lowest BCUT2D eigenvalue weighted by Gasteiger charge is -2.12. The van der Waals surface area contributed by atoms with E-state index in [0.29, 0.717) is 11.6 Å². The number of carbonyl (C=O) groups is 1. The van der Waals surface area contributed by atoms with Crippen molar-refractivity contribution in [3.63, 3.8) is 0 Å². The van der Waals surface area contributed by atoms with E-state index in [1.54, 1.807) is 12.1 Å². The summed E-state index contributed by atoms with van der Waals surface area (Å²) in [5.41, 5.74) is 7.08. The number of hydrogen-bond donors (Lipinski definition) is 2. The number of nitrogens with two attached hydrogens (primary N) is 1. The van der Waals surface area contributed by atoms with Gasteiger partial charge in [-0.25, -0.2) is 0 Å². The molecule has 1 aromatic rings. The minimum Gasteiger partial charge on any atom is -0.399 e. The van der Waals surface area contributed by atoms with E-state index in [0.717, 1.165) is 10.2 Å². The van der Waals surface area contributed by atoms with Crippen molar-refractivity contribution in [2.45, 2.75) is 19.8 Å². The molecule has 3 N–H and O–H groups in total. The second kappa shape index (κ2) is 4.45. The molecule has 0 radical (unpaired) electrons. The SMILES string of the molecule is CC(C(=O)Nc1cc(N)ccc1Br)C1CC1. The lowest BCUT2D eigenvalue weighted by Crippen LogP contribution is -2.22. The van der Waals surface area contributed by atoms with E-state index < -0.39 is 0 Å². The van der Waals surface area contributed by atoms with Crippen LogP contribution in [0.15, 0.2) is 22.7 Å². The molecule has 1 aliphatic carbocycles. The third-order valence-corrected chi connectivity index (χ3v) is 3.68. The molecular formula is C12H15BrN2O. The molecule has 1 fully saturated rings. The number of nitrogens with one attached hydrogen (secondary N) is 1. The zero-order valence-electron chi connectivity index (χ0n) is 9.16. The van der Waals surface area contributed by atoms with Gasteiger partial charge in [-0.15, -0.1) is 0 Å². The van der Waals surface area contributed by atoms with Gasteiger partial charge in [0.25, 0.3) is 0 Å². The first-order valence-electron chi connectivity index (χ1n) is 5.44. The number of benzene rings is 1. The molecule has 1 aliphatic rings. The monoisotopic (exact) mass is 282 g/mol. The van der Waals surface area contributed by atoms with Crippen molar-refractivity contribution in [2.75, 3.05) is 11.1 Å². The van der Waals surface area contributed by atoms with Gasteiger partial charge in [-0.3, -0.25) is 4.79 Å². The largest absolute Gasteiger partial charge is 0.399 e. The first-order valence-corrected chi connectivity index (χ1v) is 6.23. The maximum atomic E-state index is 11.9. The zero-order valence-corrected chi connectivity index (χ0v) is 10.8. The summed E-state index contributed by atoms with van der Waals surface area (Å²) in [5.74, 6) is 0.738. The highest BCUT2D eigenvalue weighted by Crippen LogP contribution is 2.37. The number of nitrogen functional groups attached to an aromatic ring is 1. The Bertz CT molecular complexity index is 415. The van der Waals surface area contributed by atoms with Gasteiger partial charge in [0.2, 0.25) is 5.91 Å². The number of rotatable bonds is 3. The van der Waals surface area contributed by atoms with Gasteiger partial charge >= 0.3 is 0 Å². The van der Waals surface area contributed by atoms with Crippen molar-refractivity contribution in [1.82, 2.24) is 0 Å². The third-order valence-electron chi connectivity index (χ3n) is 2.99. The molecule has 0 bridgehead atoms. The van der Waals surface area contributed by atoms with Crippen molar-refractivity contribution in [3.8, 4) is 0 Å². The molecule has 0 aromatic heterocycles. The van der Waals surface area contributed by atoms with Crippen LogP contribution in [-0.2, 0) is 4.79 Å². The first-order chi connectivity index (χ1) is 7.58. The lowest BCUT2D eigenvalue weighted by molar-refractivity contribution is -0.119. The highest BCUT2D eigenvalue weighted by Gasteiger charge is 2.32. The quantitative estimate of drug-likeness (QED) is 0.838. The topological polar surface area (TPSA) is 55.1 Å². The summed E-state index contributed by atoms with van der Waals surface area (Å²) < 4.78 is 0.859. The van der Waals surface area contributed by atoms with Crippen LogP contribution in [0, 0.1) is 11.8 Å². The van der Waals surface area contributed by atoms with Crippen LogP contribution in [0.25, 0.3) is 0 Å². The predicted molar refractivity (Wildman–Crippen MR) is 69.1 cm³/mol. The van der Waals surface area contributed by atoms with Crippen molar-refractivity contribution >= 4 is 33.2 Å². The van der Waals surface area contributed by atoms with E-state index in [1.165, 1.54) is 12.8 Å². The van der Waals surface area contributed by atoms with Gasteiger partial charge in [0.15, 0.2) is 0 Å². The van der Waals surface area contributed by atoms with E-state index in [1.807, 2.05) is 13.0 Å². The van der Waals surface area contributed by atoms with Gasteiger partial charge in [-0.2, -0.15) is 0 Å². The van der Waals surface area contributed by atoms with Crippen LogP contribution in [0.1, 0.15) is 19.8 Å². The van der Waals surface area contributed by atoms with Gasteiger partial charge in [-0.05, 0) is 52.9 Å². The van der Waals surface area contributed by atoms with Crippen molar-refractivity contribution < 1.29 is 4.79 Å². The number of anilines is 2. The summed E-state index contributed by atoms with van der Waals surface area (Å²) in [7, 11) is 0. The van der Waals surface area contributed by atoms with Crippen LogP contribution < -0.4 is 11.1 Å². The fourth-order valence-electron chi connectivity index (χ4n) is 1.70. The molecule has 16 heavy (non-hydrogen) atoms. The number of amides is 1. The van der Waals surface area contributed by atoms with Crippen LogP contribution in [0.2, 0.25) is 0 Å². The van der Waals surface area contributed by atoms with Gasteiger partial charge in [0.05, 0.1) is 5.69 Å². The Morgan fingerprint density at radius 2 is 2.25 bits per heavy atom. The van der Waals surface area contributed by atoms with Crippen LogP contribution in [0.3, 0.4) is 0 Å². The van der Waals surface area contributed by atoms with Crippen LogP contribution in [0.4, 0.5) is 11.4 Å². The molecule has 1 aromatic carbocycles. The molecule has 4 heteroatoms. The first kappa shape index (κ1) is 11.5. The predicted octanol–water partition coefficient (Wildman–Crippen LogP) is 3.02. The summed E-state index contributed by atoms with van der Waals surface area (Å²) in [4.78, 5) is 11.9. The Kier molecular flexibility index (Phi) is 3.19. The second-order valence-corrected chi connectivity index (χ2v) is 5.21. The fraction of sp³-hybridized carbons (Fsp3) is 0.417. The van der Waals surface area contributed by atoms with Crippen LogP contribution in [-0.4, -0.2) is 5.91 Å². The standard InChI is InChI=1S/C12H15BrN2O/c1-7(8-2-3-8)12(16)15-11-6-9(14)4-5-10(11)13/h4-8H,2-3,14H2,1H3,(H,15,16). The van der Waals surface area contributed by atoms with Crippen molar-refractivity contribution in [3.05, 3.63) is 22.7 Å². The van der Waals surface area contributed by atoms with Gasteiger partial charge in [0, 0.05) is 16.1 Å². The molecule has 86 valence electrons. The third kappa shape index (κ3) is 2.55. The molecule has 0 aliphatic heterocycles. The smallest absolute Gasteiger partial charge is 0.227 e. The highest BCUT2D eigenvalue weighted by molar-refractivity contribution is 9.10. The van der Waals surface area contributed by atoms with Gasteiger partial charge in [0.1, 0.15) is 0 Å². The Morgan fingerprint density at radius 1 is 1.56 bits per heavy atom. The number of hydrogen-bond acceptors (Lipinski definition) is 2. The normalized spacial score (nSPS) is 16.9. The van der Waals surface area contributed by atoms with E-state index in [4.69, 9.17) is 5.73 Å². The lowest BCUT2D eigenvalue weighted by atomic mass is 10.1. The van der Waals surface area contributed by atoms with E-state index in [-0.39, 0.29) is 11.8 Å². The zero-order chi connectivity index (χ0) is 11.7. The van der Waals surface area contributed by atoms with Crippen molar-refractivity contribution in [1.29, 1.82) is 0 Å². The molecule has 1 amide bonds. The molecular weight excluding hydrogens is 268 g/mol. The maximum absolute atomic E-state index is 11.9. The number of carbonyl (C=O) groups excluding carboxylic acids is 1. The Hall–Kier alpha value is -1.03. The molecule has 0 spiro atoms. The maximum Gasteiger partial charge on any atom is 0.227 e. The summed E-state index contributed by atoms with van der Waals surface area (Å²) in [6, 6.07) is 5.40. The minimum atomic E-state index is 0.0776. The average molecular weight is 283 g/mol. The van der Waals surface area contributed by atoms with E-state index >= 15 is 0 Å². The Morgan fingerprint density at radius 3 is 2.88 bits per heavy atom. The van der Waals surface area contributed by atoms with Crippen LogP contribution >= 0.6 is 15.9 Å². The molecule has 1 unspecified atom stereocenters. The molecule has 1 atom stereocenters. The summed E-state index contributed by atoms with van der Waals surface area (Å²) in [6.45, 7) is 1.98. The summed E-state index contributed by atoms with van der Waals surface area (Å²) in [5, 5.41) is 2.91. The fourth-order valence-corrected chi connectivity index (χ4v) is 2.04. The Balaban J connectivity index is 2.07. The van der Waals surface area contributed by atoms with Crippen LogP contribution in [0.5, 0.6) is 0 Å². The second-order valence-electron chi connectivity index (χ2n) is 4.35. The average Bonchev–Trinajstić information content (AvgIpc) is 3.06. The van der Waals surface area contributed by atoms with Gasteiger partial charge in [-0.1, -0.05) is 6.92 Å². The minimum absolute atomic E-state index is 0.0776. The number of halogens is 1. The molecule has 0 heterocycles. The van der Waals surface area contributed by atoms with E-state index in [2.05, 4.69) is 21.2 Å². The highest BCUT2D eigenvalue weighted by atomic mass is 79.9. The van der Waals surface area contributed by atoms with E-state index in [9.17, 15) is 4.79 Å². The molecule has 2 rings (SSSR count). The molecule has 3 nitrogen and oxygen atoms in total. The Labute approximate surface area is 104 Å². The molecule has 1 saturated carbocycles. The summed E-state index contributed by atoms with van der Waals surface area (Å²) >= 11 is 3.39. The summed E-state index contributed by atoms with van der Waals surface area (Å²) in [6.07, 6.45) is 2.35.